The zero-order valence-electron chi connectivity index (χ0n) is 15.4. The second-order valence-corrected chi connectivity index (χ2v) is 8.84. The normalized spacial score (nSPS) is 13.7. The molecule has 4 aromatic rings. The van der Waals surface area contributed by atoms with Crippen molar-refractivity contribution in [3.8, 4) is 0 Å². The Hall–Kier alpha value is -2.69. The van der Waals surface area contributed by atoms with E-state index in [9.17, 15) is 4.57 Å². The number of nitrogens with zero attached hydrogens (tertiary/aromatic N) is 2. The zero-order valence-corrected chi connectivity index (χ0v) is 16.3. The lowest BCUT2D eigenvalue weighted by atomic mass is 10.1. The molecule has 0 saturated heterocycles. The molecule has 0 bridgehead atoms. The van der Waals surface area contributed by atoms with Crippen LogP contribution in [0.15, 0.2) is 53.4 Å². The molecule has 0 saturated carbocycles. The Morgan fingerprint density at radius 3 is 2.89 bits per heavy atom. The van der Waals surface area contributed by atoms with Gasteiger partial charge in [0, 0.05) is 22.7 Å². The summed E-state index contributed by atoms with van der Waals surface area (Å²) in [5.74, 6) is 0.627. The summed E-state index contributed by atoms with van der Waals surface area (Å²) in [6.45, 7) is 5.79. The minimum atomic E-state index is -2.92. The van der Waals surface area contributed by atoms with E-state index in [4.69, 9.17) is 8.94 Å². The number of para-hydroxylation sites is 1. The van der Waals surface area contributed by atoms with Crippen LogP contribution in [0.2, 0.25) is 0 Å². The summed E-state index contributed by atoms with van der Waals surface area (Å²) in [6.07, 6.45) is 3.17. The van der Waals surface area contributed by atoms with Crippen molar-refractivity contribution in [2.24, 2.45) is 0 Å². The summed E-state index contributed by atoms with van der Waals surface area (Å²) in [4.78, 5) is 8.76. The fourth-order valence-electron chi connectivity index (χ4n) is 3.27. The first-order valence-electron chi connectivity index (χ1n) is 8.71. The highest BCUT2D eigenvalue weighted by molar-refractivity contribution is 7.66. The van der Waals surface area contributed by atoms with Crippen molar-refractivity contribution in [2.45, 2.75) is 13.8 Å². The van der Waals surface area contributed by atoms with Crippen molar-refractivity contribution in [1.82, 2.24) is 9.97 Å². The van der Waals surface area contributed by atoms with E-state index >= 15 is 0 Å². The van der Waals surface area contributed by atoms with Gasteiger partial charge in [0.1, 0.15) is 12.1 Å². The van der Waals surface area contributed by atoms with Crippen molar-refractivity contribution in [3.63, 3.8) is 0 Å². The third-order valence-electron chi connectivity index (χ3n) is 4.50. The van der Waals surface area contributed by atoms with Crippen LogP contribution in [0.3, 0.4) is 0 Å². The Morgan fingerprint density at radius 1 is 1.22 bits per heavy atom. The fourth-order valence-corrected chi connectivity index (χ4v) is 4.97. The average Bonchev–Trinajstić information content (AvgIpc) is 3.11. The number of hydrogen-bond donors (Lipinski definition) is 1. The molecule has 2 heterocycles. The van der Waals surface area contributed by atoms with E-state index in [0.29, 0.717) is 17.7 Å². The fraction of sp³-hybridized carbons (Fsp3) is 0.200. The number of aryl methyl sites for hydroxylation is 1. The first-order valence-corrected chi connectivity index (χ1v) is 10.8. The molecule has 1 N–H and O–H groups in total. The molecule has 1 unspecified atom stereocenters. The van der Waals surface area contributed by atoms with Gasteiger partial charge in [-0.25, -0.2) is 9.97 Å². The molecule has 2 aromatic carbocycles. The molecule has 2 aromatic heterocycles. The maximum absolute atomic E-state index is 13.0. The van der Waals surface area contributed by atoms with E-state index in [-0.39, 0.29) is 0 Å². The highest BCUT2D eigenvalue weighted by atomic mass is 31.2. The highest BCUT2D eigenvalue weighted by Crippen LogP contribution is 2.43. The molecule has 0 aliphatic rings. The van der Waals surface area contributed by atoms with Gasteiger partial charge < -0.3 is 14.3 Å². The minimum Gasteiger partial charge on any atom is -0.462 e. The number of anilines is 2. The first-order chi connectivity index (χ1) is 13.0. The van der Waals surface area contributed by atoms with E-state index < -0.39 is 7.37 Å². The zero-order chi connectivity index (χ0) is 19.0. The second-order valence-electron chi connectivity index (χ2n) is 6.41. The van der Waals surface area contributed by atoms with Crippen LogP contribution in [-0.4, -0.2) is 23.2 Å². The molecule has 4 rings (SSSR count). The standard InChI is InChI=1S/C20H20N3O3P/c1-4-26-27(3,24)18-11-15-17(10-13(18)2)21-12-22-20(15)23-16-7-5-6-14-8-9-25-19(14)16/h5-12H,4H2,1-3H3,(H,21,22,23). The third kappa shape index (κ3) is 3.22. The molecule has 0 aliphatic heterocycles. The molecule has 0 radical (unpaired) electrons. The maximum atomic E-state index is 13.0. The van der Waals surface area contributed by atoms with E-state index in [1.165, 1.54) is 6.33 Å². The van der Waals surface area contributed by atoms with Gasteiger partial charge in [0.25, 0.3) is 0 Å². The molecule has 138 valence electrons. The van der Waals surface area contributed by atoms with Crippen molar-refractivity contribution in [1.29, 1.82) is 0 Å². The van der Waals surface area contributed by atoms with Crippen LogP contribution in [-0.2, 0) is 9.09 Å². The van der Waals surface area contributed by atoms with Crippen LogP contribution in [0.25, 0.3) is 21.9 Å². The van der Waals surface area contributed by atoms with Crippen LogP contribution in [0, 0.1) is 6.92 Å². The summed E-state index contributed by atoms with van der Waals surface area (Å²) < 4.78 is 24.1. The number of hydrogen-bond acceptors (Lipinski definition) is 6. The molecule has 0 fully saturated rings. The van der Waals surface area contributed by atoms with Gasteiger partial charge in [-0.1, -0.05) is 12.1 Å². The summed E-state index contributed by atoms with van der Waals surface area (Å²) in [5, 5.41) is 5.80. The van der Waals surface area contributed by atoms with Crippen LogP contribution in [0.5, 0.6) is 0 Å². The van der Waals surface area contributed by atoms with Crippen molar-refractivity contribution in [3.05, 3.63) is 54.6 Å². The lowest BCUT2D eigenvalue weighted by Gasteiger charge is -2.17. The molecule has 6 nitrogen and oxygen atoms in total. The van der Waals surface area contributed by atoms with E-state index in [2.05, 4.69) is 15.3 Å². The first kappa shape index (κ1) is 17.7. The lowest BCUT2D eigenvalue weighted by Crippen LogP contribution is -2.11. The number of aromatic nitrogens is 2. The summed E-state index contributed by atoms with van der Waals surface area (Å²) in [5.41, 5.74) is 3.23. The van der Waals surface area contributed by atoms with Gasteiger partial charge in [0.05, 0.1) is 24.1 Å². The smallest absolute Gasteiger partial charge is 0.229 e. The van der Waals surface area contributed by atoms with Gasteiger partial charge in [-0.15, -0.1) is 0 Å². The number of rotatable bonds is 5. The molecule has 27 heavy (non-hydrogen) atoms. The highest BCUT2D eigenvalue weighted by Gasteiger charge is 2.22. The number of fused-ring (bicyclic) bond motifs is 2. The third-order valence-corrected chi connectivity index (χ3v) is 6.61. The quantitative estimate of drug-likeness (QED) is 0.490. The van der Waals surface area contributed by atoms with Crippen molar-refractivity contribution < 1.29 is 13.5 Å². The van der Waals surface area contributed by atoms with Gasteiger partial charge >= 0.3 is 0 Å². The topological polar surface area (TPSA) is 77.2 Å². The molecule has 0 spiro atoms. The van der Waals surface area contributed by atoms with Gasteiger partial charge in [-0.2, -0.15) is 0 Å². The molecule has 0 amide bonds. The predicted octanol–water partition coefficient (Wildman–Crippen LogP) is 5.00. The largest absolute Gasteiger partial charge is 0.462 e. The van der Waals surface area contributed by atoms with Crippen LogP contribution in [0.4, 0.5) is 11.5 Å². The second kappa shape index (κ2) is 6.80. The average molecular weight is 381 g/mol. The summed E-state index contributed by atoms with van der Waals surface area (Å²) in [6, 6.07) is 11.6. The monoisotopic (exact) mass is 381 g/mol. The molecule has 0 aliphatic carbocycles. The Labute approximate surface area is 157 Å². The molecule has 1 atom stereocenters. The summed E-state index contributed by atoms with van der Waals surface area (Å²) in [7, 11) is -2.92. The Balaban J connectivity index is 1.86. The van der Waals surface area contributed by atoms with Gasteiger partial charge in [0.2, 0.25) is 7.37 Å². The van der Waals surface area contributed by atoms with Crippen molar-refractivity contribution >= 4 is 46.1 Å². The van der Waals surface area contributed by atoms with Crippen LogP contribution >= 0.6 is 7.37 Å². The summed E-state index contributed by atoms with van der Waals surface area (Å²) >= 11 is 0. The Kier molecular flexibility index (Phi) is 4.46. The lowest BCUT2D eigenvalue weighted by molar-refractivity contribution is 0.344. The van der Waals surface area contributed by atoms with Gasteiger partial charge in [0.15, 0.2) is 5.58 Å². The Morgan fingerprint density at radius 2 is 2.07 bits per heavy atom. The minimum absolute atomic E-state index is 0.391. The Bertz CT molecular complexity index is 1190. The van der Waals surface area contributed by atoms with Crippen molar-refractivity contribution in [2.75, 3.05) is 18.6 Å². The predicted molar refractivity (Wildman–Crippen MR) is 109 cm³/mol. The number of nitrogens with one attached hydrogen (secondary N) is 1. The SMILES string of the molecule is CCOP(C)(=O)c1cc2c(Nc3cccc4ccoc34)ncnc2cc1C. The molecular formula is C20H20N3O3P. The van der Waals surface area contributed by atoms with E-state index in [0.717, 1.165) is 33.1 Å². The van der Waals surface area contributed by atoms with Crippen LogP contribution < -0.4 is 10.6 Å². The van der Waals surface area contributed by atoms with Gasteiger partial charge in [-0.3, -0.25) is 4.57 Å². The van der Waals surface area contributed by atoms with Gasteiger partial charge in [-0.05, 0) is 43.7 Å². The molecule has 7 heteroatoms. The van der Waals surface area contributed by atoms with E-state index in [1.54, 1.807) is 12.9 Å². The maximum Gasteiger partial charge on any atom is 0.229 e. The number of furan rings is 1. The van der Waals surface area contributed by atoms with E-state index in [1.807, 2.05) is 50.2 Å². The molecular weight excluding hydrogens is 361 g/mol. The van der Waals surface area contributed by atoms with Crippen LogP contribution in [0.1, 0.15) is 12.5 Å². The number of benzene rings is 2.